The topological polar surface area (TPSA) is 74.2 Å². The van der Waals surface area contributed by atoms with E-state index in [0.717, 1.165) is 5.56 Å². The van der Waals surface area contributed by atoms with Gasteiger partial charge in [-0.15, -0.1) is 0 Å². The van der Waals surface area contributed by atoms with Gasteiger partial charge in [0.05, 0.1) is 31.8 Å². The number of hydrogen-bond acceptors (Lipinski definition) is 6. The molecule has 0 radical (unpaired) electrons. The number of hydrogen-bond donors (Lipinski definition) is 0. The highest BCUT2D eigenvalue weighted by Crippen LogP contribution is 2.17. The first kappa shape index (κ1) is 12.9. The molecule has 0 saturated carbocycles. The molecule has 0 aliphatic carbocycles. The number of methoxy groups -OCH3 is 1. The van der Waals surface area contributed by atoms with Gasteiger partial charge in [-0.05, 0) is 13.0 Å². The van der Waals surface area contributed by atoms with Crippen molar-refractivity contribution in [3.05, 3.63) is 36.4 Å². The molecule has 0 aromatic carbocycles. The van der Waals surface area contributed by atoms with Gasteiger partial charge in [-0.2, -0.15) is 0 Å². The van der Waals surface area contributed by atoms with E-state index < -0.39 is 5.97 Å². The third-order valence-corrected chi connectivity index (χ3v) is 2.35. The zero-order chi connectivity index (χ0) is 13.7. The number of aromatic nitrogens is 3. The Morgan fingerprint density at radius 2 is 2.11 bits per heavy atom. The Kier molecular flexibility index (Phi) is 4.02. The molecule has 0 unspecified atom stereocenters. The molecule has 2 aromatic rings. The predicted molar refractivity (Wildman–Crippen MR) is 67.8 cm³/mol. The van der Waals surface area contributed by atoms with E-state index >= 15 is 0 Å². The maximum absolute atomic E-state index is 11.4. The lowest BCUT2D eigenvalue weighted by Crippen LogP contribution is -2.05. The molecule has 0 amide bonds. The Labute approximate surface area is 110 Å². The summed E-state index contributed by atoms with van der Waals surface area (Å²) in [6.07, 6.45) is 4.54. The SMILES string of the molecule is CCOc1ccc(-c2cncc(C(=O)OC)n2)cn1. The first-order valence-corrected chi connectivity index (χ1v) is 5.74. The lowest BCUT2D eigenvalue weighted by Gasteiger charge is -2.04. The predicted octanol–water partition coefficient (Wildman–Crippen LogP) is 1.72. The second-order valence-corrected chi connectivity index (χ2v) is 3.60. The molecule has 0 atom stereocenters. The van der Waals surface area contributed by atoms with E-state index in [9.17, 15) is 4.79 Å². The molecule has 2 rings (SSSR count). The van der Waals surface area contributed by atoms with E-state index in [1.807, 2.05) is 13.0 Å². The summed E-state index contributed by atoms with van der Waals surface area (Å²) < 4.78 is 9.86. The van der Waals surface area contributed by atoms with Gasteiger partial charge in [-0.3, -0.25) is 4.98 Å². The molecule has 0 saturated heterocycles. The fourth-order valence-corrected chi connectivity index (χ4v) is 1.47. The van der Waals surface area contributed by atoms with Gasteiger partial charge in [0, 0.05) is 17.8 Å². The zero-order valence-corrected chi connectivity index (χ0v) is 10.7. The summed E-state index contributed by atoms with van der Waals surface area (Å²) in [5, 5.41) is 0. The van der Waals surface area contributed by atoms with Crippen LogP contribution in [0.5, 0.6) is 5.88 Å². The van der Waals surface area contributed by atoms with Gasteiger partial charge in [0.1, 0.15) is 0 Å². The Morgan fingerprint density at radius 3 is 2.74 bits per heavy atom. The summed E-state index contributed by atoms with van der Waals surface area (Å²) in [5.41, 5.74) is 1.47. The fraction of sp³-hybridized carbons (Fsp3) is 0.231. The number of nitrogens with zero attached hydrogens (tertiary/aromatic N) is 3. The van der Waals surface area contributed by atoms with Crippen molar-refractivity contribution in [1.82, 2.24) is 15.0 Å². The summed E-state index contributed by atoms with van der Waals surface area (Å²) in [5.74, 6) is 0.0246. The molecule has 6 heteroatoms. The number of carbonyl (C=O) groups is 1. The quantitative estimate of drug-likeness (QED) is 0.778. The van der Waals surface area contributed by atoms with Gasteiger partial charge < -0.3 is 9.47 Å². The zero-order valence-electron chi connectivity index (χ0n) is 10.7. The first-order chi connectivity index (χ1) is 9.24. The molecular formula is C13H13N3O3. The minimum Gasteiger partial charge on any atom is -0.478 e. The van der Waals surface area contributed by atoms with Crippen molar-refractivity contribution in [3.8, 4) is 17.1 Å². The normalized spacial score (nSPS) is 10.0. The molecule has 98 valence electrons. The molecule has 0 fully saturated rings. The van der Waals surface area contributed by atoms with E-state index in [0.29, 0.717) is 18.2 Å². The van der Waals surface area contributed by atoms with Crippen molar-refractivity contribution in [3.63, 3.8) is 0 Å². The maximum Gasteiger partial charge on any atom is 0.358 e. The standard InChI is InChI=1S/C13H13N3O3/c1-3-19-12-5-4-9(6-15-12)10-7-14-8-11(16-10)13(17)18-2/h4-8H,3H2,1-2H3. The summed E-state index contributed by atoms with van der Waals surface area (Å²) in [7, 11) is 1.30. The van der Waals surface area contributed by atoms with Gasteiger partial charge >= 0.3 is 5.97 Å². The molecule has 0 aliphatic rings. The molecule has 6 nitrogen and oxygen atoms in total. The van der Waals surface area contributed by atoms with Crippen LogP contribution in [-0.4, -0.2) is 34.6 Å². The number of esters is 1. The Balaban J connectivity index is 2.28. The van der Waals surface area contributed by atoms with Crippen LogP contribution < -0.4 is 4.74 Å². The lowest BCUT2D eigenvalue weighted by molar-refractivity contribution is 0.0593. The number of ether oxygens (including phenoxy) is 2. The van der Waals surface area contributed by atoms with Gasteiger partial charge in [0.25, 0.3) is 0 Å². The van der Waals surface area contributed by atoms with Crippen LogP contribution >= 0.6 is 0 Å². The van der Waals surface area contributed by atoms with E-state index in [2.05, 4.69) is 19.7 Å². The van der Waals surface area contributed by atoms with Crippen LogP contribution in [-0.2, 0) is 4.74 Å². The Hall–Kier alpha value is -2.50. The first-order valence-electron chi connectivity index (χ1n) is 5.74. The second kappa shape index (κ2) is 5.90. The molecule has 2 aromatic heterocycles. The minimum atomic E-state index is -0.520. The highest BCUT2D eigenvalue weighted by atomic mass is 16.5. The monoisotopic (exact) mass is 259 g/mol. The van der Waals surface area contributed by atoms with Crippen molar-refractivity contribution < 1.29 is 14.3 Å². The van der Waals surface area contributed by atoms with E-state index in [-0.39, 0.29) is 5.69 Å². The summed E-state index contributed by atoms with van der Waals surface area (Å²) in [4.78, 5) is 23.6. The average molecular weight is 259 g/mol. The molecule has 0 aliphatic heterocycles. The van der Waals surface area contributed by atoms with Crippen molar-refractivity contribution in [2.45, 2.75) is 6.92 Å². The number of pyridine rings is 1. The summed E-state index contributed by atoms with van der Waals surface area (Å²) >= 11 is 0. The van der Waals surface area contributed by atoms with Crippen LogP contribution in [0.15, 0.2) is 30.7 Å². The molecule has 2 heterocycles. The van der Waals surface area contributed by atoms with Gasteiger partial charge in [0.2, 0.25) is 5.88 Å². The number of rotatable bonds is 4. The van der Waals surface area contributed by atoms with E-state index in [1.54, 1.807) is 18.5 Å². The lowest BCUT2D eigenvalue weighted by atomic mass is 10.2. The average Bonchev–Trinajstić information content (AvgIpc) is 2.48. The molecule has 0 spiro atoms. The van der Waals surface area contributed by atoms with Crippen LogP contribution in [0.2, 0.25) is 0 Å². The molecule has 0 bridgehead atoms. The van der Waals surface area contributed by atoms with Crippen molar-refractivity contribution in [2.75, 3.05) is 13.7 Å². The van der Waals surface area contributed by atoms with Crippen LogP contribution in [0, 0.1) is 0 Å². The van der Waals surface area contributed by atoms with Gasteiger partial charge in [-0.25, -0.2) is 14.8 Å². The van der Waals surface area contributed by atoms with Crippen molar-refractivity contribution >= 4 is 5.97 Å². The highest BCUT2D eigenvalue weighted by Gasteiger charge is 2.09. The van der Waals surface area contributed by atoms with E-state index in [1.165, 1.54) is 13.3 Å². The second-order valence-electron chi connectivity index (χ2n) is 3.60. The van der Waals surface area contributed by atoms with Crippen molar-refractivity contribution in [1.29, 1.82) is 0 Å². The number of carbonyl (C=O) groups excluding carboxylic acids is 1. The third-order valence-electron chi connectivity index (χ3n) is 2.35. The van der Waals surface area contributed by atoms with Crippen LogP contribution in [0.1, 0.15) is 17.4 Å². The minimum absolute atomic E-state index is 0.161. The van der Waals surface area contributed by atoms with Crippen LogP contribution in [0.4, 0.5) is 0 Å². The third kappa shape index (κ3) is 3.04. The molecule has 0 N–H and O–H groups in total. The molecule has 19 heavy (non-hydrogen) atoms. The Morgan fingerprint density at radius 1 is 1.26 bits per heavy atom. The highest BCUT2D eigenvalue weighted by molar-refractivity contribution is 5.87. The largest absolute Gasteiger partial charge is 0.478 e. The fourth-order valence-electron chi connectivity index (χ4n) is 1.47. The van der Waals surface area contributed by atoms with Crippen molar-refractivity contribution in [2.24, 2.45) is 0 Å². The summed E-state index contributed by atoms with van der Waals surface area (Å²) in [6, 6.07) is 3.55. The maximum atomic E-state index is 11.4. The van der Waals surface area contributed by atoms with Crippen LogP contribution in [0.3, 0.4) is 0 Å². The van der Waals surface area contributed by atoms with Gasteiger partial charge in [-0.1, -0.05) is 0 Å². The summed E-state index contributed by atoms with van der Waals surface area (Å²) in [6.45, 7) is 2.45. The van der Waals surface area contributed by atoms with Gasteiger partial charge in [0.15, 0.2) is 5.69 Å². The van der Waals surface area contributed by atoms with E-state index in [4.69, 9.17) is 4.74 Å². The molecular weight excluding hydrogens is 246 g/mol. The Bertz CT molecular complexity index is 570. The van der Waals surface area contributed by atoms with Crippen LogP contribution in [0.25, 0.3) is 11.3 Å². The smallest absolute Gasteiger partial charge is 0.358 e.